The lowest BCUT2D eigenvalue weighted by atomic mass is 9.95. The summed E-state index contributed by atoms with van der Waals surface area (Å²) in [5.74, 6) is -0.374. The topological polar surface area (TPSA) is 48.4 Å². The lowest BCUT2D eigenvalue weighted by Crippen LogP contribution is -2.29. The summed E-state index contributed by atoms with van der Waals surface area (Å²) in [5, 5.41) is 1.22. The summed E-state index contributed by atoms with van der Waals surface area (Å²) >= 11 is 4.17. The van der Waals surface area contributed by atoms with Crippen molar-refractivity contribution in [3.63, 3.8) is 0 Å². The van der Waals surface area contributed by atoms with Gasteiger partial charge in [-0.3, -0.25) is 0 Å². The number of fused-ring (bicyclic) bond motifs is 3. The van der Waals surface area contributed by atoms with Crippen LogP contribution in [0.3, 0.4) is 0 Å². The maximum Gasteiger partial charge on any atom is 0.339 e. The zero-order chi connectivity index (χ0) is 18.4. The van der Waals surface area contributed by atoms with Gasteiger partial charge in [-0.05, 0) is 81.5 Å². The monoisotopic (exact) mass is 473 g/mol. The molecule has 0 N–H and O–H groups in total. The van der Waals surface area contributed by atoms with E-state index >= 15 is 0 Å². The number of hydrogen-bond donors (Lipinski definition) is 0. The fourth-order valence-electron chi connectivity index (χ4n) is 3.35. The molecule has 0 saturated carbocycles. The molecule has 3 rings (SSSR count). The number of pyridine rings is 1. The summed E-state index contributed by atoms with van der Waals surface area (Å²) in [6.45, 7) is 7.80. The number of rotatable bonds is 3. The lowest BCUT2D eigenvalue weighted by molar-refractivity contribution is -0.164. The van der Waals surface area contributed by atoms with Crippen LogP contribution in [0.1, 0.15) is 61.4 Å². The van der Waals surface area contributed by atoms with Gasteiger partial charge >= 0.3 is 5.97 Å². The van der Waals surface area contributed by atoms with Gasteiger partial charge in [0, 0.05) is 25.1 Å². The van der Waals surface area contributed by atoms with Crippen LogP contribution in [0.25, 0.3) is 10.2 Å². The minimum absolute atomic E-state index is 0.374. The van der Waals surface area contributed by atoms with E-state index < -0.39 is 11.7 Å². The molecule has 1 aliphatic rings. The smallest absolute Gasteiger partial charge is 0.339 e. The highest BCUT2D eigenvalue weighted by molar-refractivity contribution is 14.1. The highest BCUT2D eigenvalue weighted by Crippen LogP contribution is 2.42. The predicted octanol–water partition coefficient (Wildman–Crippen LogP) is 5.12. The van der Waals surface area contributed by atoms with Gasteiger partial charge in [0.1, 0.15) is 4.83 Å². The maximum atomic E-state index is 12.5. The minimum atomic E-state index is -0.757. The highest BCUT2D eigenvalue weighted by atomic mass is 127. The quantitative estimate of drug-likeness (QED) is 0.459. The molecule has 0 radical (unpaired) electrons. The van der Waals surface area contributed by atoms with Gasteiger partial charge in [0.15, 0.2) is 6.10 Å². The third-order valence-corrected chi connectivity index (χ3v) is 6.72. The first-order valence-corrected chi connectivity index (χ1v) is 10.5. The number of hydrogen-bond acceptors (Lipinski definition) is 5. The molecule has 25 heavy (non-hydrogen) atoms. The molecular weight excluding hydrogens is 449 g/mol. The van der Waals surface area contributed by atoms with E-state index in [1.165, 1.54) is 35.8 Å². The Morgan fingerprint density at radius 1 is 1.28 bits per heavy atom. The van der Waals surface area contributed by atoms with E-state index in [-0.39, 0.29) is 5.97 Å². The first kappa shape index (κ1) is 19.0. The van der Waals surface area contributed by atoms with Gasteiger partial charge in [0.05, 0.1) is 12.7 Å². The average molecular weight is 473 g/mol. The molecule has 0 spiro atoms. The van der Waals surface area contributed by atoms with Crippen LogP contribution >= 0.6 is 33.9 Å². The Balaban J connectivity index is 2.21. The van der Waals surface area contributed by atoms with Crippen molar-refractivity contribution in [1.29, 1.82) is 0 Å². The third kappa shape index (κ3) is 3.71. The second-order valence-electron chi connectivity index (χ2n) is 7.45. The van der Waals surface area contributed by atoms with Crippen LogP contribution in [0.4, 0.5) is 0 Å². The number of carbonyl (C=O) groups excluding carboxylic acids is 1. The van der Waals surface area contributed by atoms with Crippen LogP contribution in [-0.4, -0.2) is 23.7 Å². The van der Waals surface area contributed by atoms with Gasteiger partial charge in [0.25, 0.3) is 0 Å². The summed E-state index contributed by atoms with van der Waals surface area (Å²) in [6, 6.07) is 0. The number of nitrogens with zero attached hydrogens (tertiary/aromatic N) is 1. The lowest BCUT2D eigenvalue weighted by Gasteiger charge is -2.27. The molecule has 6 heteroatoms. The molecule has 1 aliphatic carbocycles. The van der Waals surface area contributed by atoms with E-state index in [9.17, 15) is 4.79 Å². The molecule has 2 aromatic rings. The molecule has 0 fully saturated rings. The van der Waals surface area contributed by atoms with Crippen molar-refractivity contribution in [2.45, 2.75) is 65.1 Å². The van der Waals surface area contributed by atoms with Crippen molar-refractivity contribution in [1.82, 2.24) is 4.98 Å². The summed E-state index contributed by atoms with van der Waals surface area (Å²) in [6.07, 6.45) is 3.95. The van der Waals surface area contributed by atoms with Gasteiger partial charge in [-0.1, -0.05) is 0 Å². The minimum Gasteiger partial charge on any atom is -0.467 e. The van der Waals surface area contributed by atoms with Gasteiger partial charge in [-0.25, -0.2) is 9.78 Å². The number of methoxy groups -OCH3 is 1. The molecule has 0 aliphatic heterocycles. The summed E-state index contributed by atoms with van der Waals surface area (Å²) in [7, 11) is 1.40. The maximum absolute atomic E-state index is 12.5. The van der Waals surface area contributed by atoms with Crippen molar-refractivity contribution in [2.75, 3.05) is 7.11 Å². The van der Waals surface area contributed by atoms with E-state index in [1.54, 1.807) is 11.3 Å². The van der Waals surface area contributed by atoms with Crippen molar-refractivity contribution in [2.24, 2.45) is 0 Å². The van der Waals surface area contributed by atoms with Gasteiger partial charge in [0.2, 0.25) is 0 Å². The van der Waals surface area contributed by atoms with E-state index in [2.05, 4.69) is 22.6 Å². The fourth-order valence-corrected chi connectivity index (χ4v) is 6.11. The van der Waals surface area contributed by atoms with Crippen LogP contribution in [0.5, 0.6) is 0 Å². The first-order valence-electron chi connectivity index (χ1n) is 8.59. The van der Waals surface area contributed by atoms with Crippen LogP contribution in [0.15, 0.2) is 0 Å². The van der Waals surface area contributed by atoms with Crippen LogP contribution < -0.4 is 0 Å². The molecule has 4 nitrogen and oxygen atoms in total. The van der Waals surface area contributed by atoms with Crippen molar-refractivity contribution >= 4 is 50.1 Å². The molecular formula is C19H24INO3S. The largest absolute Gasteiger partial charge is 0.467 e. The molecule has 0 saturated heterocycles. The molecule has 1 unspecified atom stereocenters. The van der Waals surface area contributed by atoms with Crippen molar-refractivity contribution in [3.8, 4) is 0 Å². The standard InChI is InChI=1S/C19H24INO3S/c1-10-13(16(18(22)23-5)24-19(2,3)4)15(20)14-11-8-6-7-9-12(11)25-17(14)21-10/h16H,6-9H2,1-5H3. The SMILES string of the molecule is COC(=O)C(OC(C)(C)C)c1c(C)nc2sc3c(c2c1I)CCCC3. The number of aromatic nitrogens is 1. The summed E-state index contributed by atoms with van der Waals surface area (Å²) in [5.41, 5.74) is 2.65. The normalized spacial score (nSPS) is 15.9. The van der Waals surface area contributed by atoms with E-state index in [4.69, 9.17) is 14.5 Å². The Kier molecular flexibility index (Phi) is 5.42. The Bertz CT molecular complexity index is 822. The Hall–Kier alpha value is -0.730. The number of thiophene rings is 1. The van der Waals surface area contributed by atoms with Crippen LogP contribution in [0, 0.1) is 10.5 Å². The predicted molar refractivity (Wildman–Crippen MR) is 109 cm³/mol. The van der Waals surface area contributed by atoms with E-state index in [0.29, 0.717) is 0 Å². The van der Waals surface area contributed by atoms with E-state index in [1.807, 2.05) is 27.7 Å². The van der Waals surface area contributed by atoms with Crippen LogP contribution in [-0.2, 0) is 27.1 Å². The second-order valence-corrected chi connectivity index (χ2v) is 9.61. The second kappa shape index (κ2) is 7.12. The zero-order valence-corrected chi connectivity index (χ0v) is 18.3. The molecule has 0 bridgehead atoms. The average Bonchev–Trinajstić information content (AvgIpc) is 2.90. The molecule has 136 valence electrons. The third-order valence-electron chi connectivity index (χ3n) is 4.42. The van der Waals surface area contributed by atoms with Gasteiger partial charge in [-0.2, -0.15) is 0 Å². The Morgan fingerprint density at radius 2 is 1.96 bits per heavy atom. The van der Waals surface area contributed by atoms with Crippen molar-refractivity contribution < 1.29 is 14.3 Å². The summed E-state index contributed by atoms with van der Waals surface area (Å²) < 4.78 is 12.2. The number of aryl methyl sites for hydroxylation is 3. The van der Waals surface area contributed by atoms with E-state index in [0.717, 1.165) is 32.5 Å². The van der Waals surface area contributed by atoms with Crippen LogP contribution in [0.2, 0.25) is 0 Å². The number of halogens is 1. The Morgan fingerprint density at radius 3 is 2.60 bits per heavy atom. The highest BCUT2D eigenvalue weighted by Gasteiger charge is 2.33. The summed E-state index contributed by atoms with van der Waals surface area (Å²) in [4.78, 5) is 19.9. The molecule has 2 aromatic heterocycles. The first-order chi connectivity index (χ1) is 11.7. The fraction of sp³-hybridized carbons (Fsp3) is 0.579. The number of ether oxygens (including phenoxy) is 2. The molecule has 2 heterocycles. The van der Waals surface area contributed by atoms with Gasteiger partial charge in [-0.15, -0.1) is 11.3 Å². The molecule has 0 amide bonds. The van der Waals surface area contributed by atoms with Crippen molar-refractivity contribution in [3.05, 3.63) is 25.3 Å². The number of esters is 1. The Labute approximate surface area is 166 Å². The molecule has 0 aromatic carbocycles. The number of carbonyl (C=O) groups is 1. The molecule has 1 atom stereocenters. The van der Waals surface area contributed by atoms with Gasteiger partial charge < -0.3 is 9.47 Å². The zero-order valence-electron chi connectivity index (χ0n) is 15.4.